The summed E-state index contributed by atoms with van der Waals surface area (Å²) in [5.74, 6) is 0.608. The summed E-state index contributed by atoms with van der Waals surface area (Å²) < 4.78 is 1.84. The number of hydrogen-bond donors (Lipinski definition) is 1. The average Bonchev–Trinajstić information content (AvgIpc) is 2.88. The monoisotopic (exact) mass is 185 g/mol. The first-order valence-corrected chi connectivity index (χ1v) is 4.24. The van der Waals surface area contributed by atoms with Crippen molar-refractivity contribution in [2.75, 3.05) is 0 Å². The van der Waals surface area contributed by atoms with Crippen molar-refractivity contribution in [1.29, 1.82) is 0 Å². The quantitative estimate of drug-likeness (QED) is 0.618. The lowest BCUT2D eigenvalue weighted by Crippen LogP contribution is -1.92. The number of aromatic nitrogens is 5. The number of hydrogen-bond acceptors (Lipinski definition) is 3. The van der Waals surface area contributed by atoms with Crippen LogP contribution in [0.1, 0.15) is 0 Å². The zero-order valence-electron chi connectivity index (χ0n) is 7.25. The highest BCUT2D eigenvalue weighted by atomic mass is 15.3. The summed E-state index contributed by atoms with van der Waals surface area (Å²) in [5, 5.41) is 7.69. The van der Waals surface area contributed by atoms with Crippen LogP contribution in [0.3, 0.4) is 0 Å². The third-order valence-electron chi connectivity index (χ3n) is 2.09. The fraction of sp³-hybridized carbons (Fsp3) is 0. The Hall–Kier alpha value is -2.17. The SMILES string of the molecule is c1c[nH]c(-c2ccnc3nncn23)c1. The van der Waals surface area contributed by atoms with Crippen LogP contribution >= 0.6 is 0 Å². The minimum absolute atomic E-state index is 0.608. The van der Waals surface area contributed by atoms with Gasteiger partial charge in [0.2, 0.25) is 0 Å². The van der Waals surface area contributed by atoms with E-state index < -0.39 is 0 Å². The van der Waals surface area contributed by atoms with E-state index in [0.717, 1.165) is 11.4 Å². The molecule has 5 nitrogen and oxygen atoms in total. The second-order valence-corrected chi connectivity index (χ2v) is 2.91. The van der Waals surface area contributed by atoms with Crippen molar-refractivity contribution in [3.63, 3.8) is 0 Å². The molecule has 0 amide bonds. The molecule has 3 rings (SSSR count). The van der Waals surface area contributed by atoms with E-state index in [2.05, 4.69) is 20.2 Å². The van der Waals surface area contributed by atoms with Gasteiger partial charge in [-0.3, -0.25) is 4.40 Å². The van der Waals surface area contributed by atoms with E-state index in [1.165, 1.54) is 0 Å². The zero-order valence-corrected chi connectivity index (χ0v) is 7.25. The molecule has 0 saturated carbocycles. The summed E-state index contributed by atoms with van der Waals surface area (Å²) in [5.41, 5.74) is 2.03. The molecule has 0 spiro atoms. The Labute approximate surface area is 79.4 Å². The van der Waals surface area contributed by atoms with Crippen LogP contribution in [0.4, 0.5) is 0 Å². The molecule has 3 aromatic rings. The van der Waals surface area contributed by atoms with Crippen molar-refractivity contribution in [2.24, 2.45) is 0 Å². The Balaban J connectivity index is 2.36. The lowest BCUT2D eigenvalue weighted by atomic mass is 10.3. The summed E-state index contributed by atoms with van der Waals surface area (Å²) >= 11 is 0. The Morgan fingerprint density at radius 2 is 2.29 bits per heavy atom. The lowest BCUT2D eigenvalue weighted by molar-refractivity contribution is 1.10. The highest BCUT2D eigenvalue weighted by molar-refractivity contribution is 5.57. The first kappa shape index (κ1) is 7.25. The van der Waals surface area contributed by atoms with Gasteiger partial charge in [-0.1, -0.05) is 0 Å². The molecule has 5 heteroatoms. The average molecular weight is 185 g/mol. The van der Waals surface area contributed by atoms with Gasteiger partial charge in [0.15, 0.2) is 0 Å². The van der Waals surface area contributed by atoms with Gasteiger partial charge in [-0.15, -0.1) is 10.2 Å². The van der Waals surface area contributed by atoms with Crippen molar-refractivity contribution in [2.45, 2.75) is 0 Å². The van der Waals surface area contributed by atoms with Gasteiger partial charge in [-0.05, 0) is 18.2 Å². The van der Waals surface area contributed by atoms with Crippen molar-refractivity contribution in [1.82, 2.24) is 24.6 Å². The van der Waals surface area contributed by atoms with E-state index in [9.17, 15) is 0 Å². The van der Waals surface area contributed by atoms with E-state index >= 15 is 0 Å². The summed E-state index contributed by atoms with van der Waals surface area (Å²) in [4.78, 5) is 7.22. The minimum atomic E-state index is 0.608. The van der Waals surface area contributed by atoms with Crippen molar-refractivity contribution in [3.8, 4) is 11.4 Å². The molecule has 0 aliphatic carbocycles. The maximum Gasteiger partial charge on any atom is 0.255 e. The van der Waals surface area contributed by atoms with Gasteiger partial charge in [0.25, 0.3) is 5.78 Å². The molecule has 1 N–H and O–H groups in total. The molecule has 0 bridgehead atoms. The second kappa shape index (κ2) is 2.66. The Bertz CT molecular complexity index is 551. The Morgan fingerprint density at radius 3 is 3.14 bits per heavy atom. The lowest BCUT2D eigenvalue weighted by Gasteiger charge is -2.00. The summed E-state index contributed by atoms with van der Waals surface area (Å²) in [6.45, 7) is 0. The number of nitrogens with zero attached hydrogens (tertiary/aromatic N) is 4. The van der Waals surface area contributed by atoms with Crippen LogP contribution in [0.5, 0.6) is 0 Å². The van der Waals surface area contributed by atoms with Gasteiger partial charge in [-0.25, -0.2) is 4.98 Å². The number of aromatic amines is 1. The van der Waals surface area contributed by atoms with Crippen LogP contribution in [0, 0.1) is 0 Å². The second-order valence-electron chi connectivity index (χ2n) is 2.91. The zero-order chi connectivity index (χ0) is 9.38. The molecular formula is C9H7N5. The molecule has 0 radical (unpaired) electrons. The third kappa shape index (κ3) is 0.922. The molecule has 14 heavy (non-hydrogen) atoms. The standard InChI is InChI=1S/C9H7N5/c1-2-7(10-4-1)8-3-5-11-9-13-12-6-14(8)9/h1-6,10H. The summed E-state index contributed by atoms with van der Waals surface area (Å²) in [6.07, 6.45) is 5.25. The maximum absolute atomic E-state index is 4.09. The topological polar surface area (TPSA) is 58.9 Å². The molecule has 0 saturated heterocycles. The van der Waals surface area contributed by atoms with E-state index in [0.29, 0.717) is 5.78 Å². The molecular weight excluding hydrogens is 178 g/mol. The predicted molar refractivity (Wildman–Crippen MR) is 50.6 cm³/mol. The summed E-state index contributed by atoms with van der Waals surface area (Å²) in [7, 11) is 0. The Morgan fingerprint density at radius 1 is 1.29 bits per heavy atom. The van der Waals surface area contributed by atoms with E-state index in [1.807, 2.05) is 28.8 Å². The molecule has 0 aliphatic heterocycles. The maximum atomic E-state index is 4.09. The smallest absolute Gasteiger partial charge is 0.255 e. The highest BCUT2D eigenvalue weighted by Gasteiger charge is 2.04. The molecule has 3 heterocycles. The van der Waals surface area contributed by atoms with Crippen molar-refractivity contribution < 1.29 is 0 Å². The molecule has 0 unspecified atom stereocenters. The van der Waals surface area contributed by atoms with Crippen LogP contribution in [0.25, 0.3) is 17.2 Å². The van der Waals surface area contributed by atoms with Gasteiger partial charge < -0.3 is 4.98 Å². The first-order valence-electron chi connectivity index (χ1n) is 4.24. The fourth-order valence-corrected chi connectivity index (χ4v) is 1.45. The van der Waals surface area contributed by atoms with Gasteiger partial charge in [0.05, 0.1) is 11.4 Å². The molecule has 68 valence electrons. The van der Waals surface area contributed by atoms with Crippen LogP contribution < -0.4 is 0 Å². The van der Waals surface area contributed by atoms with Crippen molar-refractivity contribution >= 4 is 5.78 Å². The number of nitrogens with one attached hydrogen (secondary N) is 1. The summed E-state index contributed by atoms with van der Waals surface area (Å²) in [6, 6.07) is 5.86. The molecule has 0 fully saturated rings. The van der Waals surface area contributed by atoms with E-state index in [-0.39, 0.29) is 0 Å². The largest absolute Gasteiger partial charge is 0.360 e. The minimum Gasteiger partial charge on any atom is -0.360 e. The number of fused-ring (bicyclic) bond motifs is 1. The van der Waals surface area contributed by atoms with Gasteiger partial charge in [-0.2, -0.15) is 0 Å². The molecule has 0 aliphatic rings. The van der Waals surface area contributed by atoms with Gasteiger partial charge in [0, 0.05) is 12.4 Å². The first-order chi connectivity index (χ1) is 6.95. The van der Waals surface area contributed by atoms with Gasteiger partial charge in [0.1, 0.15) is 6.33 Å². The van der Waals surface area contributed by atoms with Crippen LogP contribution in [-0.4, -0.2) is 24.6 Å². The number of H-pyrrole nitrogens is 1. The van der Waals surface area contributed by atoms with Gasteiger partial charge >= 0.3 is 0 Å². The number of rotatable bonds is 1. The molecule has 0 aromatic carbocycles. The molecule has 3 aromatic heterocycles. The van der Waals surface area contributed by atoms with Crippen molar-refractivity contribution in [3.05, 3.63) is 36.9 Å². The normalized spacial score (nSPS) is 10.9. The van der Waals surface area contributed by atoms with Crippen LogP contribution in [0.2, 0.25) is 0 Å². The van der Waals surface area contributed by atoms with Crippen LogP contribution in [0.15, 0.2) is 36.9 Å². The molecule has 0 atom stereocenters. The third-order valence-corrected chi connectivity index (χ3v) is 2.09. The van der Waals surface area contributed by atoms with E-state index in [1.54, 1.807) is 12.5 Å². The Kier molecular flexibility index (Phi) is 1.38. The fourth-order valence-electron chi connectivity index (χ4n) is 1.45. The highest BCUT2D eigenvalue weighted by Crippen LogP contribution is 2.15. The van der Waals surface area contributed by atoms with Crippen LogP contribution in [-0.2, 0) is 0 Å². The van der Waals surface area contributed by atoms with E-state index in [4.69, 9.17) is 0 Å². The predicted octanol–water partition coefficient (Wildman–Crippen LogP) is 1.12.